The molecule has 0 radical (unpaired) electrons. The second kappa shape index (κ2) is 5.01. The van der Waals surface area contributed by atoms with Crippen LogP contribution in [0.1, 0.15) is 12.8 Å². The summed E-state index contributed by atoms with van der Waals surface area (Å²) in [5.41, 5.74) is 5.75. The first-order valence-electron chi connectivity index (χ1n) is 5.99. The van der Waals surface area contributed by atoms with Crippen LogP contribution in [0.3, 0.4) is 0 Å². The second-order valence-electron chi connectivity index (χ2n) is 4.81. The Hall–Kier alpha value is -0.810. The first kappa shape index (κ1) is 11.7. The van der Waals surface area contributed by atoms with Gasteiger partial charge in [-0.05, 0) is 12.8 Å². The van der Waals surface area contributed by atoms with E-state index in [1.165, 1.54) is 12.8 Å². The van der Waals surface area contributed by atoms with Gasteiger partial charge in [0, 0.05) is 33.2 Å². The number of nitrogens with two attached hydrogens (primary N) is 1. The lowest BCUT2D eigenvalue weighted by Crippen LogP contribution is -2.45. The van der Waals surface area contributed by atoms with Crippen molar-refractivity contribution in [2.75, 3.05) is 40.3 Å². The van der Waals surface area contributed by atoms with E-state index in [-0.39, 0.29) is 6.10 Å². The van der Waals surface area contributed by atoms with Gasteiger partial charge in [0.1, 0.15) is 0 Å². The molecule has 0 amide bonds. The molecule has 0 bridgehead atoms. The zero-order valence-corrected chi connectivity index (χ0v) is 10.2. The van der Waals surface area contributed by atoms with Crippen LogP contribution in [0.15, 0.2) is 4.99 Å². The lowest BCUT2D eigenvalue weighted by atomic mass is 10.2. The van der Waals surface area contributed by atoms with E-state index in [1.54, 1.807) is 0 Å². The van der Waals surface area contributed by atoms with Gasteiger partial charge in [-0.3, -0.25) is 9.89 Å². The Labute approximate surface area is 97.2 Å². The summed E-state index contributed by atoms with van der Waals surface area (Å²) in [6.07, 6.45) is 2.93. The molecule has 1 aliphatic carbocycles. The van der Waals surface area contributed by atoms with Crippen LogP contribution in [0.2, 0.25) is 0 Å². The molecular weight excluding hydrogens is 204 g/mol. The van der Waals surface area contributed by atoms with Gasteiger partial charge in [0.05, 0.1) is 19.3 Å². The van der Waals surface area contributed by atoms with E-state index in [0.717, 1.165) is 25.7 Å². The van der Waals surface area contributed by atoms with Crippen LogP contribution < -0.4 is 5.73 Å². The summed E-state index contributed by atoms with van der Waals surface area (Å²) in [6, 6.07) is 0.821. The van der Waals surface area contributed by atoms with E-state index in [4.69, 9.17) is 10.5 Å². The fourth-order valence-corrected chi connectivity index (χ4v) is 1.96. The Bertz CT molecular complexity index is 263. The maximum absolute atomic E-state index is 5.75. The molecular formula is C11H22N4O. The van der Waals surface area contributed by atoms with Crippen molar-refractivity contribution in [3.8, 4) is 0 Å². The van der Waals surface area contributed by atoms with Gasteiger partial charge in [0.2, 0.25) is 0 Å². The van der Waals surface area contributed by atoms with E-state index < -0.39 is 0 Å². The molecule has 0 aromatic heterocycles. The summed E-state index contributed by atoms with van der Waals surface area (Å²) < 4.78 is 5.69. The molecule has 2 aliphatic rings. The molecule has 1 atom stereocenters. The van der Waals surface area contributed by atoms with Crippen molar-refractivity contribution in [3.05, 3.63) is 0 Å². The van der Waals surface area contributed by atoms with Crippen LogP contribution in [0.4, 0.5) is 0 Å². The smallest absolute Gasteiger partial charge is 0.190 e. The highest BCUT2D eigenvalue weighted by Crippen LogP contribution is 2.28. The van der Waals surface area contributed by atoms with E-state index in [9.17, 15) is 0 Å². The summed E-state index contributed by atoms with van der Waals surface area (Å²) >= 11 is 0. The van der Waals surface area contributed by atoms with E-state index >= 15 is 0 Å². The minimum absolute atomic E-state index is 0.216. The molecule has 1 unspecified atom stereocenters. The maximum atomic E-state index is 5.75. The van der Waals surface area contributed by atoms with Crippen molar-refractivity contribution in [1.29, 1.82) is 0 Å². The third kappa shape index (κ3) is 3.09. The Morgan fingerprint density at radius 1 is 1.50 bits per heavy atom. The average molecular weight is 226 g/mol. The third-order valence-electron chi connectivity index (χ3n) is 3.15. The minimum atomic E-state index is 0.216. The Morgan fingerprint density at radius 3 is 2.88 bits per heavy atom. The van der Waals surface area contributed by atoms with Crippen molar-refractivity contribution in [2.24, 2.45) is 10.7 Å². The zero-order valence-electron chi connectivity index (χ0n) is 10.2. The number of hydrogen-bond donors (Lipinski definition) is 1. The van der Waals surface area contributed by atoms with Crippen molar-refractivity contribution >= 4 is 5.96 Å². The third-order valence-corrected chi connectivity index (χ3v) is 3.15. The predicted octanol–water partition coefficient (Wildman–Crippen LogP) is -0.274. The van der Waals surface area contributed by atoms with Crippen LogP contribution >= 0.6 is 0 Å². The van der Waals surface area contributed by atoms with Crippen LogP contribution in [0.5, 0.6) is 0 Å². The number of hydrogen-bond acceptors (Lipinski definition) is 3. The number of rotatable bonds is 3. The highest BCUT2D eigenvalue weighted by molar-refractivity contribution is 5.77. The van der Waals surface area contributed by atoms with Crippen LogP contribution in [0.25, 0.3) is 0 Å². The largest absolute Gasteiger partial charge is 0.374 e. The summed E-state index contributed by atoms with van der Waals surface area (Å²) in [5.74, 6) is 0.576. The van der Waals surface area contributed by atoms with Gasteiger partial charge in [-0.2, -0.15) is 0 Å². The first-order chi connectivity index (χ1) is 7.66. The van der Waals surface area contributed by atoms with Gasteiger partial charge in [-0.1, -0.05) is 0 Å². The van der Waals surface area contributed by atoms with E-state index in [1.807, 2.05) is 19.0 Å². The van der Waals surface area contributed by atoms with Gasteiger partial charge in [-0.25, -0.2) is 0 Å². The zero-order chi connectivity index (χ0) is 11.5. The molecule has 1 heterocycles. The van der Waals surface area contributed by atoms with Crippen molar-refractivity contribution in [1.82, 2.24) is 9.80 Å². The van der Waals surface area contributed by atoms with Gasteiger partial charge < -0.3 is 15.4 Å². The van der Waals surface area contributed by atoms with Crippen molar-refractivity contribution in [2.45, 2.75) is 25.0 Å². The highest BCUT2D eigenvalue weighted by atomic mass is 16.5. The molecule has 92 valence electrons. The molecule has 0 aromatic carbocycles. The van der Waals surface area contributed by atoms with Crippen molar-refractivity contribution < 1.29 is 4.74 Å². The fraction of sp³-hybridized carbons (Fsp3) is 0.909. The molecule has 1 saturated heterocycles. The summed E-state index contributed by atoms with van der Waals surface area (Å²) in [5, 5.41) is 0. The van der Waals surface area contributed by atoms with Gasteiger partial charge in [0.25, 0.3) is 0 Å². The fourth-order valence-electron chi connectivity index (χ4n) is 1.96. The van der Waals surface area contributed by atoms with E-state index in [2.05, 4.69) is 9.89 Å². The quantitative estimate of drug-likeness (QED) is 0.531. The Balaban J connectivity index is 1.78. The number of nitrogens with zero attached hydrogens (tertiary/aromatic N) is 3. The number of guanidine groups is 1. The normalized spacial score (nSPS) is 28.1. The number of morpholine rings is 1. The predicted molar refractivity (Wildman–Crippen MR) is 64.5 cm³/mol. The molecule has 1 saturated carbocycles. The molecule has 2 rings (SSSR count). The van der Waals surface area contributed by atoms with Gasteiger partial charge in [-0.15, -0.1) is 0 Å². The van der Waals surface area contributed by atoms with E-state index in [0.29, 0.717) is 12.5 Å². The maximum Gasteiger partial charge on any atom is 0.190 e. The Kier molecular flexibility index (Phi) is 3.66. The molecule has 1 aliphatic heterocycles. The molecule has 5 heteroatoms. The molecule has 5 nitrogen and oxygen atoms in total. The lowest BCUT2D eigenvalue weighted by Gasteiger charge is -2.32. The number of aliphatic imine (C=N–C) groups is 1. The summed E-state index contributed by atoms with van der Waals surface area (Å²) in [7, 11) is 3.80. The van der Waals surface area contributed by atoms with Crippen molar-refractivity contribution in [3.63, 3.8) is 0 Å². The molecule has 0 spiro atoms. The van der Waals surface area contributed by atoms with Crippen LogP contribution in [-0.2, 0) is 4.74 Å². The highest BCUT2D eigenvalue weighted by Gasteiger charge is 2.32. The standard InChI is InChI=1S/C11H22N4O/c1-14(2)11(12)13-7-10-8-15(5-6-16-10)9-3-4-9/h9-10H,3-8H2,1-2H3,(H2,12,13). The monoisotopic (exact) mass is 226 g/mol. The topological polar surface area (TPSA) is 54.1 Å². The lowest BCUT2D eigenvalue weighted by molar-refractivity contribution is -0.0259. The van der Waals surface area contributed by atoms with Gasteiger partial charge >= 0.3 is 0 Å². The average Bonchev–Trinajstić information content (AvgIpc) is 3.10. The number of ether oxygens (including phenoxy) is 1. The SMILES string of the molecule is CN(C)C(N)=NCC1CN(C2CC2)CCO1. The molecule has 2 fully saturated rings. The summed E-state index contributed by atoms with van der Waals surface area (Å²) in [6.45, 7) is 3.59. The van der Waals surface area contributed by atoms with Gasteiger partial charge in [0.15, 0.2) is 5.96 Å². The minimum Gasteiger partial charge on any atom is -0.374 e. The summed E-state index contributed by atoms with van der Waals surface area (Å²) in [4.78, 5) is 8.67. The van der Waals surface area contributed by atoms with Crippen LogP contribution in [0, 0.1) is 0 Å². The second-order valence-corrected chi connectivity index (χ2v) is 4.81. The Morgan fingerprint density at radius 2 is 2.25 bits per heavy atom. The molecule has 0 aromatic rings. The molecule has 2 N–H and O–H groups in total. The van der Waals surface area contributed by atoms with Crippen LogP contribution in [-0.4, -0.2) is 68.2 Å². The molecule has 16 heavy (non-hydrogen) atoms. The first-order valence-corrected chi connectivity index (χ1v) is 5.99.